The normalized spacial score (nSPS) is 25.2. The van der Waals surface area contributed by atoms with E-state index in [0.717, 1.165) is 42.0 Å². The summed E-state index contributed by atoms with van der Waals surface area (Å²) < 4.78 is 38.7. The van der Waals surface area contributed by atoms with Crippen molar-refractivity contribution >= 4 is 17.4 Å². The Labute approximate surface area is 155 Å². The predicted molar refractivity (Wildman–Crippen MR) is 97.9 cm³/mol. The first kappa shape index (κ1) is 17.7. The molecule has 1 saturated carbocycles. The summed E-state index contributed by atoms with van der Waals surface area (Å²) in [7, 11) is 0. The molecule has 0 bridgehead atoms. The van der Waals surface area contributed by atoms with Crippen LogP contribution in [0.4, 0.5) is 18.9 Å². The van der Waals surface area contributed by atoms with E-state index in [1.54, 1.807) is 11.8 Å². The van der Waals surface area contributed by atoms with E-state index in [0.29, 0.717) is 6.42 Å². The third kappa shape index (κ3) is 3.45. The highest BCUT2D eigenvalue weighted by atomic mass is 32.2. The third-order valence-electron chi connectivity index (χ3n) is 5.27. The lowest BCUT2D eigenvalue weighted by molar-refractivity contribution is -0.137. The van der Waals surface area contributed by atoms with Crippen molar-refractivity contribution in [3.8, 4) is 0 Å². The molecule has 138 valence electrons. The molecule has 2 aromatic carbocycles. The molecule has 4 rings (SSSR count). The number of aliphatic hydroxyl groups is 1. The molecule has 2 aromatic rings. The summed E-state index contributed by atoms with van der Waals surface area (Å²) in [5, 5.41) is 10.7. The van der Waals surface area contributed by atoms with Crippen LogP contribution in [0.2, 0.25) is 0 Å². The number of anilines is 1. The highest BCUT2D eigenvalue weighted by molar-refractivity contribution is 7.99. The van der Waals surface area contributed by atoms with Crippen LogP contribution in [0, 0.1) is 5.41 Å². The molecule has 2 atom stereocenters. The highest BCUT2D eigenvalue weighted by Crippen LogP contribution is 2.57. The monoisotopic (exact) mass is 379 g/mol. The molecule has 1 saturated heterocycles. The van der Waals surface area contributed by atoms with E-state index in [1.165, 1.54) is 12.1 Å². The van der Waals surface area contributed by atoms with E-state index < -0.39 is 18.0 Å². The van der Waals surface area contributed by atoms with Crippen molar-refractivity contribution in [2.24, 2.45) is 5.41 Å². The SMILES string of the molecule is OC1CC2(CC2)CSC(c2ccc(C(F)(F)F)cc2)N1c1ccccc1. The molecule has 0 amide bonds. The van der Waals surface area contributed by atoms with E-state index >= 15 is 0 Å². The minimum atomic E-state index is -4.34. The Balaban J connectivity index is 1.70. The van der Waals surface area contributed by atoms with Crippen LogP contribution in [0.1, 0.15) is 35.8 Å². The number of halogens is 3. The van der Waals surface area contributed by atoms with Gasteiger partial charge in [0.15, 0.2) is 0 Å². The lowest BCUT2D eigenvalue weighted by atomic mass is 10.0. The number of rotatable bonds is 2. The molecular weight excluding hydrogens is 359 g/mol. The number of hydrogen-bond donors (Lipinski definition) is 1. The fourth-order valence-electron chi connectivity index (χ4n) is 3.56. The molecule has 1 aliphatic heterocycles. The zero-order chi connectivity index (χ0) is 18.4. The molecule has 2 nitrogen and oxygen atoms in total. The lowest BCUT2D eigenvalue weighted by Crippen LogP contribution is -2.37. The maximum Gasteiger partial charge on any atom is 0.416 e. The van der Waals surface area contributed by atoms with Crippen LogP contribution < -0.4 is 4.90 Å². The summed E-state index contributed by atoms with van der Waals surface area (Å²) in [5.41, 5.74) is 1.20. The van der Waals surface area contributed by atoms with E-state index in [-0.39, 0.29) is 10.8 Å². The molecule has 2 unspecified atom stereocenters. The molecule has 1 spiro atoms. The average molecular weight is 379 g/mol. The standard InChI is InChI=1S/C20H20F3NOS/c21-20(22,23)15-8-6-14(7-9-15)18-24(16-4-2-1-3-5-16)17(25)12-19(10-11-19)13-26-18/h1-9,17-18,25H,10-13H2. The highest BCUT2D eigenvalue weighted by Gasteiger charge is 2.48. The molecule has 2 fully saturated rings. The summed E-state index contributed by atoms with van der Waals surface area (Å²) >= 11 is 1.71. The average Bonchev–Trinajstić information content (AvgIpc) is 3.40. The first-order valence-electron chi connectivity index (χ1n) is 8.68. The second-order valence-electron chi connectivity index (χ2n) is 7.21. The van der Waals surface area contributed by atoms with Crippen LogP contribution in [0.25, 0.3) is 0 Å². The smallest absolute Gasteiger partial charge is 0.374 e. The number of alkyl halides is 3. The van der Waals surface area contributed by atoms with E-state index in [1.807, 2.05) is 35.2 Å². The number of nitrogens with zero attached hydrogens (tertiary/aromatic N) is 1. The van der Waals surface area contributed by atoms with Gasteiger partial charge in [0.2, 0.25) is 0 Å². The Morgan fingerprint density at radius 1 is 1.00 bits per heavy atom. The minimum absolute atomic E-state index is 0.178. The molecule has 0 radical (unpaired) electrons. The third-order valence-corrected chi connectivity index (χ3v) is 6.87. The Bertz CT molecular complexity index is 759. The molecular formula is C20H20F3NOS. The summed E-state index contributed by atoms with van der Waals surface area (Å²) in [6.07, 6.45) is -2.07. The molecule has 26 heavy (non-hydrogen) atoms. The molecule has 2 aliphatic rings. The number of benzene rings is 2. The zero-order valence-corrected chi connectivity index (χ0v) is 14.9. The number of aliphatic hydroxyl groups excluding tert-OH is 1. The lowest BCUT2D eigenvalue weighted by Gasteiger charge is -2.35. The topological polar surface area (TPSA) is 23.5 Å². The second kappa shape index (κ2) is 6.50. The zero-order valence-electron chi connectivity index (χ0n) is 14.1. The van der Waals surface area contributed by atoms with Gasteiger partial charge in [-0.25, -0.2) is 0 Å². The van der Waals surface area contributed by atoms with Gasteiger partial charge >= 0.3 is 6.18 Å². The maximum absolute atomic E-state index is 12.9. The number of para-hydroxylation sites is 1. The first-order valence-corrected chi connectivity index (χ1v) is 9.73. The van der Waals surface area contributed by atoms with E-state index in [2.05, 4.69) is 0 Å². The fourth-order valence-corrected chi connectivity index (χ4v) is 5.25. The summed E-state index contributed by atoms with van der Waals surface area (Å²) in [6.45, 7) is 0. The van der Waals surface area contributed by atoms with E-state index in [4.69, 9.17) is 0 Å². The van der Waals surface area contributed by atoms with Crippen molar-refractivity contribution in [1.82, 2.24) is 0 Å². The first-order chi connectivity index (χ1) is 12.4. The van der Waals surface area contributed by atoms with Crippen molar-refractivity contribution < 1.29 is 18.3 Å². The second-order valence-corrected chi connectivity index (χ2v) is 8.28. The molecule has 6 heteroatoms. The Morgan fingerprint density at radius 3 is 2.23 bits per heavy atom. The van der Waals surface area contributed by atoms with Gasteiger partial charge in [-0.1, -0.05) is 30.3 Å². The van der Waals surface area contributed by atoms with Gasteiger partial charge in [0.25, 0.3) is 0 Å². The van der Waals surface area contributed by atoms with Crippen LogP contribution in [0.3, 0.4) is 0 Å². The maximum atomic E-state index is 12.9. The predicted octanol–water partition coefficient (Wildman–Crippen LogP) is 5.45. The van der Waals surface area contributed by atoms with Crippen LogP contribution in [-0.2, 0) is 6.18 Å². The Morgan fingerprint density at radius 2 is 1.65 bits per heavy atom. The molecule has 1 aliphatic carbocycles. The number of hydrogen-bond acceptors (Lipinski definition) is 3. The largest absolute Gasteiger partial charge is 0.416 e. The van der Waals surface area contributed by atoms with Gasteiger partial charge in [-0.3, -0.25) is 0 Å². The van der Waals surface area contributed by atoms with Crippen molar-refractivity contribution in [1.29, 1.82) is 0 Å². The van der Waals surface area contributed by atoms with Crippen LogP contribution >= 0.6 is 11.8 Å². The van der Waals surface area contributed by atoms with Gasteiger partial charge in [0.05, 0.1) is 5.56 Å². The number of thioether (sulfide) groups is 1. The minimum Gasteiger partial charge on any atom is -0.374 e. The van der Waals surface area contributed by atoms with Gasteiger partial charge < -0.3 is 10.0 Å². The van der Waals surface area contributed by atoms with Crippen molar-refractivity contribution in [3.63, 3.8) is 0 Å². The van der Waals surface area contributed by atoms with Crippen LogP contribution in [-0.4, -0.2) is 17.1 Å². The molecule has 1 heterocycles. The van der Waals surface area contributed by atoms with Crippen molar-refractivity contribution in [3.05, 3.63) is 65.7 Å². The molecule has 1 N–H and O–H groups in total. The quantitative estimate of drug-likeness (QED) is 0.751. The van der Waals surface area contributed by atoms with E-state index in [9.17, 15) is 18.3 Å². The van der Waals surface area contributed by atoms with Crippen molar-refractivity contribution in [2.45, 2.75) is 37.0 Å². The summed E-state index contributed by atoms with van der Waals surface area (Å²) in [5.74, 6) is 0.916. The van der Waals surface area contributed by atoms with Gasteiger partial charge in [-0.2, -0.15) is 13.2 Å². The van der Waals surface area contributed by atoms with Gasteiger partial charge in [-0.05, 0) is 54.5 Å². The Hall–Kier alpha value is -1.66. The van der Waals surface area contributed by atoms with Crippen molar-refractivity contribution in [2.75, 3.05) is 10.7 Å². The van der Waals surface area contributed by atoms with Crippen LogP contribution in [0.15, 0.2) is 54.6 Å². The summed E-state index contributed by atoms with van der Waals surface area (Å²) in [6, 6.07) is 14.9. The van der Waals surface area contributed by atoms with Gasteiger partial charge in [-0.15, -0.1) is 11.8 Å². The molecule has 0 aromatic heterocycles. The Kier molecular flexibility index (Phi) is 4.43. The summed E-state index contributed by atoms with van der Waals surface area (Å²) in [4.78, 5) is 1.94. The fraction of sp³-hybridized carbons (Fsp3) is 0.400. The van der Waals surface area contributed by atoms with Crippen LogP contribution in [0.5, 0.6) is 0 Å². The van der Waals surface area contributed by atoms with Gasteiger partial charge in [0, 0.05) is 11.4 Å². The van der Waals surface area contributed by atoms with Gasteiger partial charge in [0.1, 0.15) is 11.6 Å².